The molecule has 2 unspecified atom stereocenters. The van der Waals surface area contributed by atoms with Gasteiger partial charge in [-0.3, -0.25) is 0 Å². The normalized spacial score (nSPS) is 28.5. The Bertz CT molecular complexity index is 196. The van der Waals surface area contributed by atoms with Crippen molar-refractivity contribution in [3.8, 4) is 0 Å². The van der Waals surface area contributed by atoms with Crippen molar-refractivity contribution >= 4 is 17.3 Å². The van der Waals surface area contributed by atoms with Crippen LogP contribution >= 0.6 is 12.2 Å². The van der Waals surface area contributed by atoms with Crippen molar-refractivity contribution in [1.82, 2.24) is 15.5 Å². The molecule has 1 fully saturated rings. The summed E-state index contributed by atoms with van der Waals surface area (Å²) in [5.74, 6) is 0. The monoisotopic (exact) mass is 215 g/mol. The highest BCUT2D eigenvalue weighted by atomic mass is 32.1. The van der Waals surface area contributed by atoms with Crippen molar-refractivity contribution < 1.29 is 0 Å². The van der Waals surface area contributed by atoms with Crippen molar-refractivity contribution in [3.05, 3.63) is 0 Å². The fourth-order valence-electron chi connectivity index (χ4n) is 1.82. The van der Waals surface area contributed by atoms with Crippen LogP contribution in [0.15, 0.2) is 0 Å². The lowest BCUT2D eigenvalue weighted by Crippen LogP contribution is -2.49. The highest BCUT2D eigenvalue weighted by Crippen LogP contribution is 2.14. The van der Waals surface area contributed by atoms with Crippen LogP contribution in [0.1, 0.15) is 26.7 Å². The summed E-state index contributed by atoms with van der Waals surface area (Å²) in [6.45, 7) is 6.39. The minimum atomic E-state index is 0.549. The van der Waals surface area contributed by atoms with Gasteiger partial charge in [0.15, 0.2) is 5.11 Å². The number of hydrogen-bond donors (Lipinski definition) is 2. The zero-order chi connectivity index (χ0) is 10.6. The third kappa shape index (κ3) is 3.42. The van der Waals surface area contributed by atoms with E-state index in [9.17, 15) is 0 Å². The van der Waals surface area contributed by atoms with Crippen molar-refractivity contribution in [2.24, 2.45) is 0 Å². The predicted molar refractivity (Wildman–Crippen MR) is 64.5 cm³/mol. The first-order valence-electron chi connectivity index (χ1n) is 5.38. The first-order valence-corrected chi connectivity index (χ1v) is 5.79. The number of rotatable bonds is 2. The van der Waals surface area contributed by atoms with E-state index in [4.69, 9.17) is 12.2 Å². The summed E-state index contributed by atoms with van der Waals surface area (Å²) in [4.78, 5) is 2.40. The number of likely N-dealkylation sites (tertiary alicyclic amines) is 1. The molecule has 14 heavy (non-hydrogen) atoms. The summed E-state index contributed by atoms with van der Waals surface area (Å²) in [7, 11) is 2.18. The SMILES string of the molecule is CCNC(=S)NC1CCN(C)C(C)C1. The molecule has 1 aliphatic rings. The molecule has 0 amide bonds. The lowest BCUT2D eigenvalue weighted by atomic mass is 9.99. The predicted octanol–water partition coefficient (Wildman–Crippen LogP) is 0.953. The van der Waals surface area contributed by atoms with Gasteiger partial charge in [-0.1, -0.05) is 0 Å². The van der Waals surface area contributed by atoms with E-state index in [2.05, 4.69) is 36.4 Å². The Hall–Kier alpha value is -0.350. The standard InChI is InChI=1S/C10H21N3S/c1-4-11-10(14)12-9-5-6-13(3)8(2)7-9/h8-9H,4-7H2,1-3H3,(H2,11,12,14). The molecule has 0 aromatic rings. The summed E-state index contributed by atoms with van der Waals surface area (Å²) < 4.78 is 0. The Morgan fingerprint density at radius 1 is 1.57 bits per heavy atom. The third-order valence-electron chi connectivity index (χ3n) is 2.88. The largest absolute Gasteiger partial charge is 0.363 e. The van der Waals surface area contributed by atoms with Gasteiger partial charge in [-0.2, -0.15) is 0 Å². The molecule has 3 nitrogen and oxygen atoms in total. The van der Waals surface area contributed by atoms with Crippen LogP contribution in [0.25, 0.3) is 0 Å². The summed E-state index contributed by atoms with van der Waals surface area (Å²) in [6, 6.07) is 1.21. The third-order valence-corrected chi connectivity index (χ3v) is 3.14. The zero-order valence-electron chi connectivity index (χ0n) is 9.34. The van der Waals surface area contributed by atoms with Crippen LogP contribution in [0.3, 0.4) is 0 Å². The molecule has 2 atom stereocenters. The van der Waals surface area contributed by atoms with E-state index in [0.717, 1.165) is 18.2 Å². The van der Waals surface area contributed by atoms with Crippen molar-refractivity contribution in [2.75, 3.05) is 20.1 Å². The Morgan fingerprint density at radius 3 is 2.86 bits per heavy atom. The average molecular weight is 215 g/mol. The fraction of sp³-hybridized carbons (Fsp3) is 0.900. The molecule has 1 saturated heterocycles. The first-order chi connectivity index (χ1) is 6.63. The number of nitrogens with one attached hydrogen (secondary N) is 2. The van der Waals surface area contributed by atoms with Gasteiger partial charge in [-0.15, -0.1) is 0 Å². The van der Waals surface area contributed by atoms with E-state index in [1.54, 1.807) is 0 Å². The molecule has 0 radical (unpaired) electrons. The van der Waals surface area contributed by atoms with Crippen LogP contribution in [-0.4, -0.2) is 42.2 Å². The average Bonchev–Trinajstić information content (AvgIpc) is 2.12. The molecule has 4 heteroatoms. The minimum Gasteiger partial charge on any atom is -0.363 e. The second-order valence-electron chi connectivity index (χ2n) is 4.05. The maximum atomic E-state index is 5.17. The molecule has 0 spiro atoms. The summed E-state index contributed by atoms with van der Waals surface area (Å²) in [6.07, 6.45) is 2.37. The van der Waals surface area contributed by atoms with Crippen LogP contribution in [0, 0.1) is 0 Å². The maximum absolute atomic E-state index is 5.17. The van der Waals surface area contributed by atoms with E-state index < -0.39 is 0 Å². The van der Waals surface area contributed by atoms with E-state index in [1.165, 1.54) is 12.8 Å². The second-order valence-corrected chi connectivity index (χ2v) is 4.46. The highest BCUT2D eigenvalue weighted by molar-refractivity contribution is 7.80. The Balaban J connectivity index is 2.29. The molecule has 82 valence electrons. The quantitative estimate of drug-likeness (QED) is 0.671. The van der Waals surface area contributed by atoms with Crippen LogP contribution in [0.2, 0.25) is 0 Å². The number of piperidine rings is 1. The van der Waals surface area contributed by atoms with Gasteiger partial charge >= 0.3 is 0 Å². The van der Waals surface area contributed by atoms with E-state index in [1.807, 2.05) is 0 Å². The lowest BCUT2D eigenvalue weighted by molar-refractivity contribution is 0.177. The van der Waals surface area contributed by atoms with Crippen molar-refractivity contribution in [1.29, 1.82) is 0 Å². The van der Waals surface area contributed by atoms with Gasteiger partial charge in [-0.05, 0) is 46.0 Å². The van der Waals surface area contributed by atoms with Gasteiger partial charge in [0, 0.05) is 25.2 Å². The van der Waals surface area contributed by atoms with E-state index >= 15 is 0 Å². The molecule has 0 bridgehead atoms. The van der Waals surface area contributed by atoms with E-state index in [0.29, 0.717) is 12.1 Å². The van der Waals surface area contributed by atoms with Gasteiger partial charge < -0.3 is 15.5 Å². The molecule has 1 rings (SSSR count). The van der Waals surface area contributed by atoms with Crippen LogP contribution in [0.5, 0.6) is 0 Å². The van der Waals surface area contributed by atoms with Gasteiger partial charge in [0.1, 0.15) is 0 Å². The van der Waals surface area contributed by atoms with Crippen LogP contribution < -0.4 is 10.6 Å². The molecular weight excluding hydrogens is 194 g/mol. The van der Waals surface area contributed by atoms with Crippen molar-refractivity contribution in [3.63, 3.8) is 0 Å². The summed E-state index contributed by atoms with van der Waals surface area (Å²) in [5.41, 5.74) is 0. The van der Waals surface area contributed by atoms with Crippen molar-refractivity contribution in [2.45, 2.75) is 38.8 Å². The smallest absolute Gasteiger partial charge is 0.166 e. The van der Waals surface area contributed by atoms with Crippen LogP contribution in [-0.2, 0) is 0 Å². The molecule has 0 aromatic carbocycles. The van der Waals surface area contributed by atoms with Gasteiger partial charge in [-0.25, -0.2) is 0 Å². The van der Waals surface area contributed by atoms with Gasteiger partial charge in [0.05, 0.1) is 0 Å². The molecule has 0 saturated carbocycles. The molecular formula is C10H21N3S. The number of thiocarbonyl (C=S) groups is 1. The molecule has 0 aromatic heterocycles. The highest BCUT2D eigenvalue weighted by Gasteiger charge is 2.22. The Labute approximate surface area is 92.2 Å². The maximum Gasteiger partial charge on any atom is 0.166 e. The second kappa shape index (κ2) is 5.51. The Kier molecular flexibility index (Phi) is 4.62. The Morgan fingerprint density at radius 2 is 2.29 bits per heavy atom. The minimum absolute atomic E-state index is 0.549. The van der Waals surface area contributed by atoms with Gasteiger partial charge in [0.25, 0.3) is 0 Å². The van der Waals surface area contributed by atoms with Gasteiger partial charge in [0.2, 0.25) is 0 Å². The van der Waals surface area contributed by atoms with Crippen LogP contribution in [0.4, 0.5) is 0 Å². The summed E-state index contributed by atoms with van der Waals surface area (Å²) >= 11 is 5.17. The number of nitrogens with zero attached hydrogens (tertiary/aromatic N) is 1. The first kappa shape index (κ1) is 11.7. The fourth-order valence-corrected chi connectivity index (χ4v) is 2.13. The molecule has 1 aliphatic heterocycles. The summed E-state index contributed by atoms with van der Waals surface area (Å²) in [5, 5.41) is 7.29. The molecule has 2 N–H and O–H groups in total. The zero-order valence-corrected chi connectivity index (χ0v) is 10.2. The molecule has 1 heterocycles. The number of hydrogen-bond acceptors (Lipinski definition) is 2. The molecule has 0 aliphatic carbocycles. The van der Waals surface area contributed by atoms with E-state index in [-0.39, 0.29) is 0 Å². The topological polar surface area (TPSA) is 27.3 Å². The lowest BCUT2D eigenvalue weighted by Gasteiger charge is -2.35.